The van der Waals surface area contributed by atoms with Crippen molar-refractivity contribution in [2.45, 2.75) is 11.9 Å². The minimum atomic E-state index is -4.04. The molecule has 0 aliphatic rings. The van der Waals surface area contributed by atoms with E-state index < -0.39 is 20.0 Å². The number of hydrogen-bond donors (Lipinski definition) is 1. The first kappa shape index (κ1) is 12.6. The molecule has 0 bridgehead atoms. The maximum atomic E-state index is 11.0. The molecule has 1 rings (SSSR count). The van der Waals surface area contributed by atoms with E-state index in [1.165, 1.54) is 13.0 Å². The molecule has 0 saturated carbocycles. The van der Waals surface area contributed by atoms with Gasteiger partial charge in [0.05, 0.1) is 0 Å². The van der Waals surface area contributed by atoms with Crippen LogP contribution in [0.1, 0.15) is 17.4 Å². The second-order valence-electron chi connectivity index (χ2n) is 2.86. The molecule has 1 amide bonds. The molecular formula is C8H7ClN2O4S. The van der Waals surface area contributed by atoms with E-state index in [1.54, 1.807) is 0 Å². The topological polar surface area (TPSA) is 93.2 Å². The van der Waals surface area contributed by atoms with Crippen LogP contribution in [0.4, 0.5) is 5.69 Å². The van der Waals surface area contributed by atoms with Crippen molar-refractivity contribution in [1.82, 2.24) is 4.98 Å². The molecule has 1 aromatic rings. The Morgan fingerprint density at radius 1 is 1.50 bits per heavy atom. The first-order valence-corrected chi connectivity index (χ1v) is 6.33. The Bertz CT molecular complexity index is 541. The molecule has 0 radical (unpaired) electrons. The average Bonchev–Trinajstić information content (AvgIpc) is 2.14. The van der Waals surface area contributed by atoms with Gasteiger partial charge in [0.2, 0.25) is 5.91 Å². The minimum absolute atomic E-state index is 0.134. The maximum Gasteiger partial charge on any atom is 0.278 e. The van der Waals surface area contributed by atoms with Gasteiger partial charge in [-0.1, -0.05) is 0 Å². The molecule has 1 aromatic heterocycles. The van der Waals surface area contributed by atoms with E-state index in [4.69, 9.17) is 10.7 Å². The first-order chi connectivity index (χ1) is 7.32. The van der Waals surface area contributed by atoms with Gasteiger partial charge in [0.25, 0.3) is 9.05 Å². The van der Waals surface area contributed by atoms with Gasteiger partial charge in [0.1, 0.15) is 5.69 Å². The molecule has 1 N–H and O–H groups in total. The van der Waals surface area contributed by atoms with Crippen LogP contribution < -0.4 is 5.32 Å². The largest absolute Gasteiger partial charge is 0.326 e. The second-order valence-corrected chi connectivity index (χ2v) is 5.37. The molecule has 0 aliphatic heterocycles. The summed E-state index contributed by atoms with van der Waals surface area (Å²) in [7, 11) is 1.03. The Kier molecular flexibility index (Phi) is 3.61. The van der Waals surface area contributed by atoms with E-state index in [0.717, 1.165) is 6.07 Å². The summed E-state index contributed by atoms with van der Waals surface area (Å²) in [5, 5.41) is 1.85. The lowest BCUT2D eigenvalue weighted by Crippen LogP contribution is -2.08. The molecule has 86 valence electrons. The van der Waals surface area contributed by atoms with Gasteiger partial charge in [0.15, 0.2) is 11.3 Å². The summed E-state index contributed by atoms with van der Waals surface area (Å²) >= 11 is 0. The molecule has 0 saturated heterocycles. The number of aromatic nitrogens is 1. The number of carbonyl (C=O) groups excluding carboxylic acids is 2. The molecule has 8 heteroatoms. The Balaban J connectivity index is 3.32. The fourth-order valence-corrected chi connectivity index (χ4v) is 1.71. The zero-order chi connectivity index (χ0) is 12.3. The van der Waals surface area contributed by atoms with Crippen molar-refractivity contribution in [2.75, 3.05) is 5.32 Å². The number of hydrogen-bond acceptors (Lipinski definition) is 5. The van der Waals surface area contributed by atoms with Crippen molar-refractivity contribution in [2.24, 2.45) is 0 Å². The van der Waals surface area contributed by atoms with Crippen molar-refractivity contribution >= 4 is 37.6 Å². The molecule has 0 aromatic carbocycles. The van der Waals surface area contributed by atoms with Crippen LogP contribution in [0.3, 0.4) is 0 Å². The van der Waals surface area contributed by atoms with Crippen molar-refractivity contribution < 1.29 is 18.0 Å². The summed E-state index contributed by atoms with van der Waals surface area (Å²) in [4.78, 5) is 24.8. The molecule has 0 atom stereocenters. The minimum Gasteiger partial charge on any atom is -0.326 e. The molecule has 0 aliphatic carbocycles. The Morgan fingerprint density at radius 2 is 2.12 bits per heavy atom. The van der Waals surface area contributed by atoms with Gasteiger partial charge in [-0.05, 0) is 6.07 Å². The highest BCUT2D eigenvalue weighted by Gasteiger charge is 2.14. The number of nitrogens with zero attached hydrogens (tertiary/aromatic N) is 1. The normalized spacial score (nSPS) is 10.9. The van der Waals surface area contributed by atoms with Gasteiger partial charge in [-0.3, -0.25) is 9.59 Å². The summed E-state index contributed by atoms with van der Waals surface area (Å²) in [6.45, 7) is 1.25. The Hall–Kier alpha value is -1.47. The highest BCUT2D eigenvalue weighted by Crippen LogP contribution is 2.18. The van der Waals surface area contributed by atoms with Crippen LogP contribution in [0.5, 0.6) is 0 Å². The highest BCUT2D eigenvalue weighted by atomic mass is 35.7. The zero-order valence-corrected chi connectivity index (χ0v) is 9.67. The molecule has 1 heterocycles. The van der Waals surface area contributed by atoms with Gasteiger partial charge in [-0.15, -0.1) is 0 Å². The molecule has 0 fully saturated rings. The van der Waals surface area contributed by atoms with E-state index in [2.05, 4.69) is 10.3 Å². The molecule has 16 heavy (non-hydrogen) atoms. The first-order valence-electron chi connectivity index (χ1n) is 4.02. The monoisotopic (exact) mass is 262 g/mol. The fourth-order valence-electron chi connectivity index (χ4n) is 0.987. The number of amides is 1. The number of aldehydes is 1. The quantitative estimate of drug-likeness (QED) is 0.642. The smallest absolute Gasteiger partial charge is 0.278 e. The van der Waals surface area contributed by atoms with Crippen LogP contribution in [-0.4, -0.2) is 25.6 Å². The van der Waals surface area contributed by atoms with E-state index in [9.17, 15) is 18.0 Å². The van der Waals surface area contributed by atoms with Crippen LogP contribution in [0.25, 0.3) is 0 Å². The second kappa shape index (κ2) is 4.58. The zero-order valence-electron chi connectivity index (χ0n) is 8.10. The molecule has 0 unspecified atom stereocenters. The number of carbonyl (C=O) groups is 2. The number of nitrogens with one attached hydrogen (secondary N) is 1. The summed E-state index contributed by atoms with van der Waals surface area (Å²) in [5.41, 5.74) is 0.00861. The lowest BCUT2D eigenvalue weighted by atomic mass is 10.3. The van der Waals surface area contributed by atoms with Crippen LogP contribution >= 0.6 is 10.7 Å². The third-order valence-corrected chi connectivity index (χ3v) is 2.70. The van der Waals surface area contributed by atoms with Crippen molar-refractivity contribution in [3.05, 3.63) is 17.8 Å². The molecule has 0 spiro atoms. The number of rotatable bonds is 3. The van der Waals surface area contributed by atoms with Crippen LogP contribution in [0.15, 0.2) is 17.2 Å². The van der Waals surface area contributed by atoms with E-state index >= 15 is 0 Å². The summed E-state index contributed by atoms with van der Waals surface area (Å²) < 4.78 is 22.0. The lowest BCUT2D eigenvalue weighted by molar-refractivity contribution is -0.114. The number of halogens is 1. The predicted molar refractivity (Wildman–Crippen MR) is 57.0 cm³/mol. The maximum absolute atomic E-state index is 11.0. The average molecular weight is 263 g/mol. The Morgan fingerprint density at radius 3 is 2.56 bits per heavy atom. The fraction of sp³-hybridized carbons (Fsp3) is 0.125. The predicted octanol–water partition coefficient (Wildman–Crippen LogP) is 0.780. The highest BCUT2D eigenvalue weighted by molar-refractivity contribution is 8.13. The van der Waals surface area contributed by atoms with Gasteiger partial charge in [-0.2, -0.15) is 0 Å². The van der Waals surface area contributed by atoms with E-state index in [1.807, 2.05) is 0 Å². The van der Waals surface area contributed by atoms with Gasteiger partial charge in [-0.25, -0.2) is 13.4 Å². The third kappa shape index (κ3) is 3.28. The lowest BCUT2D eigenvalue weighted by Gasteiger charge is -2.04. The van der Waals surface area contributed by atoms with E-state index in [0.29, 0.717) is 6.29 Å². The van der Waals surface area contributed by atoms with Gasteiger partial charge < -0.3 is 5.32 Å². The summed E-state index contributed by atoms with van der Waals surface area (Å²) in [6, 6.07) is 2.30. The van der Waals surface area contributed by atoms with Crippen molar-refractivity contribution in [3.8, 4) is 0 Å². The summed E-state index contributed by atoms with van der Waals surface area (Å²) in [6.07, 6.45) is 0.358. The van der Waals surface area contributed by atoms with Crippen LogP contribution in [0, 0.1) is 0 Å². The molecular weight excluding hydrogens is 256 g/mol. The standard InChI is InChI=1S/C8H7ClN2O4S/c1-5(13)10-6-2-7(4-12)11-8(3-6)16(9,14)15/h2-4H,1H3,(H,10,11,13). The molecule has 6 nitrogen and oxygen atoms in total. The number of anilines is 1. The van der Waals surface area contributed by atoms with E-state index in [-0.39, 0.29) is 11.4 Å². The van der Waals surface area contributed by atoms with Crippen LogP contribution in [-0.2, 0) is 13.8 Å². The van der Waals surface area contributed by atoms with Crippen molar-refractivity contribution in [1.29, 1.82) is 0 Å². The van der Waals surface area contributed by atoms with Crippen molar-refractivity contribution in [3.63, 3.8) is 0 Å². The van der Waals surface area contributed by atoms with Crippen LogP contribution in [0.2, 0.25) is 0 Å². The van der Waals surface area contributed by atoms with Gasteiger partial charge in [0, 0.05) is 29.4 Å². The Labute approximate surface area is 96.1 Å². The SMILES string of the molecule is CC(=O)Nc1cc(C=O)nc(S(=O)(=O)Cl)c1. The van der Waals surface area contributed by atoms with Gasteiger partial charge >= 0.3 is 0 Å². The number of pyridine rings is 1. The third-order valence-electron chi connectivity index (χ3n) is 1.51. The summed E-state index contributed by atoms with van der Waals surface area (Å²) in [5.74, 6) is -0.402.